The van der Waals surface area contributed by atoms with Gasteiger partial charge in [0.05, 0.1) is 17.6 Å². The molecule has 152 valence electrons. The summed E-state index contributed by atoms with van der Waals surface area (Å²) in [6, 6.07) is 0.233. The number of nitrogens with zero attached hydrogens (tertiary/aromatic N) is 4. The van der Waals surface area contributed by atoms with Gasteiger partial charge in [-0.15, -0.1) is 35.3 Å². The van der Waals surface area contributed by atoms with Crippen molar-refractivity contribution in [3.05, 3.63) is 16.1 Å². The number of carbonyl (C=O) groups is 1. The van der Waals surface area contributed by atoms with E-state index in [1.807, 2.05) is 27.0 Å². The smallest absolute Gasteiger partial charge is 0.410 e. The van der Waals surface area contributed by atoms with E-state index in [0.29, 0.717) is 25.6 Å². The van der Waals surface area contributed by atoms with Crippen LogP contribution >= 0.6 is 35.3 Å². The number of carbonyl (C=O) groups excluding carboxylic acids is 1. The highest BCUT2D eigenvalue weighted by Gasteiger charge is 2.36. The Morgan fingerprint density at radius 3 is 2.81 bits per heavy atom. The number of rotatable bonds is 3. The molecule has 0 spiro atoms. The summed E-state index contributed by atoms with van der Waals surface area (Å²) in [5.74, 6) is 1.29. The van der Waals surface area contributed by atoms with Crippen LogP contribution in [-0.2, 0) is 4.74 Å². The fourth-order valence-electron chi connectivity index (χ4n) is 3.15. The molecule has 9 heteroatoms. The second-order valence-electron chi connectivity index (χ2n) is 8.03. The third kappa shape index (κ3) is 5.69. The maximum absolute atomic E-state index is 12.3. The summed E-state index contributed by atoms with van der Waals surface area (Å²) < 4.78 is 5.49. The van der Waals surface area contributed by atoms with Gasteiger partial charge in [-0.05, 0) is 27.7 Å². The number of hydrogen-bond acceptors (Lipinski definition) is 7. The number of nitrogens with one attached hydrogen (secondary N) is 1. The second kappa shape index (κ2) is 8.93. The molecule has 2 aliphatic rings. The molecule has 1 saturated heterocycles. The zero-order valence-corrected chi connectivity index (χ0v) is 19.8. The van der Waals surface area contributed by atoms with Crippen LogP contribution in [0.15, 0.2) is 11.2 Å². The lowest BCUT2D eigenvalue weighted by molar-refractivity contribution is 0.0137. The van der Waals surface area contributed by atoms with Crippen LogP contribution in [-0.4, -0.2) is 71.2 Å². The molecule has 3 rings (SSSR count). The Bertz CT molecular complexity index is 688. The first-order valence-corrected chi connectivity index (χ1v) is 10.00. The number of thiazole rings is 1. The number of ether oxygens (including phenoxy) is 1. The van der Waals surface area contributed by atoms with Crippen molar-refractivity contribution >= 4 is 47.4 Å². The van der Waals surface area contributed by atoms with E-state index in [1.165, 1.54) is 4.88 Å². The van der Waals surface area contributed by atoms with E-state index in [-0.39, 0.29) is 36.1 Å². The number of fused-ring (bicyclic) bond motifs is 1. The average Bonchev–Trinajstić information content (AvgIpc) is 3.16. The minimum atomic E-state index is -0.461. The average molecular weight is 507 g/mol. The highest BCUT2D eigenvalue weighted by molar-refractivity contribution is 14.0. The molecule has 0 saturated carbocycles. The zero-order chi connectivity index (χ0) is 18.9. The molecule has 1 fully saturated rings. The topological polar surface area (TPSA) is 70.1 Å². The summed E-state index contributed by atoms with van der Waals surface area (Å²) in [4.78, 5) is 26.7. The van der Waals surface area contributed by atoms with Crippen molar-refractivity contribution in [2.75, 3.05) is 32.7 Å². The van der Waals surface area contributed by atoms with Crippen LogP contribution in [0.25, 0.3) is 0 Å². The monoisotopic (exact) mass is 507 g/mol. The van der Waals surface area contributed by atoms with Gasteiger partial charge in [-0.25, -0.2) is 9.78 Å². The minimum Gasteiger partial charge on any atom is -0.444 e. The van der Waals surface area contributed by atoms with Gasteiger partial charge in [-0.3, -0.25) is 4.99 Å². The van der Waals surface area contributed by atoms with Crippen molar-refractivity contribution in [3.8, 4) is 0 Å². The molecule has 0 bridgehead atoms. The lowest BCUT2D eigenvalue weighted by Crippen LogP contribution is -2.57. The summed E-state index contributed by atoms with van der Waals surface area (Å²) in [6.45, 7) is 13.6. The van der Waals surface area contributed by atoms with Crippen molar-refractivity contribution in [3.63, 3.8) is 0 Å². The molecule has 2 unspecified atom stereocenters. The standard InChI is InChI=1S/C18H29N5O2S.HI/c1-12(15-19-9-13(2)26-15)8-20-16-21-10-14-11-22(6-7-23(14)16)17(24)25-18(3,4)5;/h9,12,14H,6-8,10-11H2,1-5H3,(H,20,21);1H. The number of aromatic nitrogens is 1. The zero-order valence-electron chi connectivity index (χ0n) is 16.7. The van der Waals surface area contributed by atoms with Gasteiger partial charge in [0.2, 0.25) is 0 Å². The SMILES string of the molecule is Cc1cnc(C(C)CNC2=NCC3CN(C(=O)OC(C)(C)C)CCN23)s1.I. The Hall–Kier alpha value is -1.10. The Labute approximate surface area is 182 Å². The Balaban J connectivity index is 0.00000261. The summed E-state index contributed by atoms with van der Waals surface area (Å²) >= 11 is 1.75. The molecular weight excluding hydrogens is 477 g/mol. The number of aliphatic imine (C=N–C) groups is 1. The van der Waals surface area contributed by atoms with E-state index in [0.717, 1.165) is 24.1 Å². The first kappa shape index (κ1) is 22.2. The number of hydrogen-bond donors (Lipinski definition) is 1. The molecule has 7 nitrogen and oxygen atoms in total. The second-order valence-corrected chi connectivity index (χ2v) is 9.30. The highest BCUT2D eigenvalue weighted by Crippen LogP contribution is 2.22. The molecule has 0 radical (unpaired) electrons. The molecule has 1 aromatic rings. The summed E-state index contributed by atoms with van der Waals surface area (Å²) in [7, 11) is 0. The molecule has 1 amide bonds. The number of halogens is 1. The van der Waals surface area contributed by atoms with Gasteiger partial charge in [0.15, 0.2) is 5.96 Å². The van der Waals surface area contributed by atoms with E-state index in [4.69, 9.17) is 4.74 Å². The van der Waals surface area contributed by atoms with E-state index in [1.54, 1.807) is 16.2 Å². The van der Waals surface area contributed by atoms with Crippen molar-refractivity contribution in [1.82, 2.24) is 20.1 Å². The van der Waals surface area contributed by atoms with Crippen LogP contribution in [0.2, 0.25) is 0 Å². The van der Waals surface area contributed by atoms with Gasteiger partial charge in [0.25, 0.3) is 0 Å². The lowest BCUT2D eigenvalue weighted by Gasteiger charge is -2.39. The number of aryl methyl sites for hydroxylation is 1. The Kier molecular flexibility index (Phi) is 7.34. The minimum absolute atomic E-state index is 0. The third-order valence-electron chi connectivity index (χ3n) is 4.49. The lowest BCUT2D eigenvalue weighted by atomic mass is 10.2. The van der Waals surface area contributed by atoms with Crippen LogP contribution in [0, 0.1) is 6.92 Å². The van der Waals surface area contributed by atoms with Gasteiger partial charge >= 0.3 is 6.09 Å². The molecular formula is C18H30IN5O2S. The van der Waals surface area contributed by atoms with Gasteiger partial charge in [-0.1, -0.05) is 6.92 Å². The summed E-state index contributed by atoms with van der Waals surface area (Å²) in [5.41, 5.74) is -0.461. The van der Waals surface area contributed by atoms with Crippen LogP contribution in [0.1, 0.15) is 43.5 Å². The molecule has 1 aromatic heterocycles. The van der Waals surface area contributed by atoms with Crippen LogP contribution < -0.4 is 5.32 Å². The van der Waals surface area contributed by atoms with Crippen LogP contribution in [0.5, 0.6) is 0 Å². The van der Waals surface area contributed by atoms with E-state index in [9.17, 15) is 4.79 Å². The van der Waals surface area contributed by atoms with Crippen LogP contribution in [0.3, 0.4) is 0 Å². The fourth-order valence-corrected chi connectivity index (χ4v) is 3.98. The number of piperazine rings is 1. The molecule has 0 aromatic carbocycles. The van der Waals surface area contributed by atoms with Gasteiger partial charge in [0.1, 0.15) is 5.60 Å². The van der Waals surface area contributed by atoms with E-state index >= 15 is 0 Å². The largest absolute Gasteiger partial charge is 0.444 e. The normalized spacial score (nSPS) is 20.5. The number of guanidine groups is 1. The fraction of sp³-hybridized carbons (Fsp3) is 0.722. The summed E-state index contributed by atoms with van der Waals surface area (Å²) in [6.07, 6.45) is 1.70. The predicted molar refractivity (Wildman–Crippen MR) is 119 cm³/mol. The predicted octanol–water partition coefficient (Wildman–Crippen LogP) is 3.05. The van der Waals surface area contributed by atoms with Crippen molar-refractivity contribution < 1.29 is 9.53 Å². The Morgan fingerprint density at radius 2 is 2.19 bits per heavy atom. The number of amides is 1. The van der Waals surface area contributed by atoms with Crippen molar-refractivity contribution in [2.24, 2.45) is 4.99 Å². The maximum Gasteiger partial charge on any atom is 0.410 e. The third-order valence-corrected chi connectivity index (χ3v) is 5.63. The highest BCUT2D eigenvalue weighted by atomic mass is 127. The van der Waals surface area contributed by atoms with Gasteiger partial charge < -0.3 is 19.9 Å². The molecule has 2 aliphatic heterocycles. The first-order valence-electron chi connectivity index (χ1n) is 9.18. The van der Waals surface area contributed by atoms with E-state index in [2.05, 4.69) is 34.0 Å². The van der Waals surface area contributed by atoms with E-state index < -0.39 is 5.60 Å². The summed E-state index contributed by atoms with van der Waals surface area (Å²) in [5, 5.41) is 4.63. The first-order chi connectivity index (χ1) is 12.2. The Morgan fingerprint density at radius 1 is 1.44 bits per heavy atom. The van der Waals surface area contributed by atoms with Gasteiger partial charge in [-0.2, -0.15) is 0 Å². The van der Waals surface area contributed by atoms with Crippen LogP contribution in [0.4, 0.5) is 4.79 Å². The quantitative estimate of drug-likeness (QED) is 0.638. The van der Waals surface area contributed by atoms with Crippen molar-refractivity contribution in [2.45, 2.75) is 52.2 Å². The molecule has 1 N–H and O–H groups in total. The molecule has 2 atom stereocenters. The molecule has 3 heterocycles. The molecule has 0 aliphatic carbocycles. The maximum atomic E-state index is 12.3. The van der Waals surface area contributed by atoms with Gasteiger partial charge in [0, 0.05) is 43.2 Å². The van der Waals surface area contributed by atoms with Crippen molar-refractivity contribution in [1.29, 1.82) is 0 Å². The molecule has 27 heavy (non-hydrogen) atoms.